The van der Waals surface area contributed by atoms with Crippen molar-refractivity contribution in [3.05, 3.63) is 29.2 Å². The van der Waals surface area contributed by atoms with E-state index in [-0.39, 0.29) is 5.91 Å². The van der Waals surface area contributed by atoms with E-state index in [1.165, 1.54) is 6.20 Å². The maximum absolute atomic E-state index is 12.1. The molecule has 1 aromatic rings. The topological polar surface area (TPSA) is 58.4 Å². The molecular weight excluding hydrogens is 247 g/mol. The molecule has 18 heavy (non-hydrogen) atoms. The van der Waals surface area contributed by atoms with Gasteiger partial charge in [0.05, 0.1) is 5.69 Å². The largest absolute Gasteiger partial charge is 0.360 e. The Kier molecular flexibility index (Phi) is 3.60. The number of nitrogens with one attached hydrogen (secondary N) is 2. The zero-order valence-corrected chi connectivity index (χ0v) is 11.3. The van der Waals surface area contributed by atoms with Crippen LogP contribution in [-0.2, 0) is 4.79 Å². The Morgan fingerprint density at radius 1 is 1.61 bits per heavy atom. The number of hydrogen-bond acceptors (Lipinski definition) is 3. The number of pyridine rings is 1. The van der Waals surface area contributed by atoms with Crippen LogP contribution in [0, 0.1) is 13.5 Å². The van der Waals surface area contributed by atoms with Crippen LogP contribution in [0.15, 0.2) is 12.3 Å². The summed E-state index contributed by atoms with van der Waals surface area (Å²) in [6.45, 7) is 8.74. The molecule has 1 aromatic heterocycles. The Bertz CT molecular complexity index is 514. The molecule has 2 rings (SSSR count). The van der Waals surface area contributed by atoms with E-state index < -0.39 is 5.54 Å². The lowest BCUT2D eigenvalue weighted by molar-refractivity contribution is -0.124. The molecule has 1 unspecified atom stereocenters. The first-order valence-corrected chi connectivity index (χ1v) is 6.32. The first kappa shape index (κ1) is 12.9. The molecule has 2 N–H and O–H groups in total. The summed E-state index contributed by atoms with van der Waals surface area (Å²) >= 11 is 0. The van der Waals surface area contributed by atoms with Crippen molar-refractivity contribution in [2.45, 2.75) is 31.7 Å². The molecule has 1 fully saturated rings. The Morgan fingerprint density at radius 2 is 2.33 bits per heavy atom. The second-order valence-electron chi connectivity index (χ2n) is 4.51. The highest BCUT2D eigenvalue weighted by molar-refractivity contribution is 7.13. The molecule has 0 saturated heterocycles. The van der Waals surface area contributed by atoms with Gasteiger partial charge in [0, 0.05) is 0 Å². The quantitative estimate of drug-likeness (QED) is 0.648. The van der Waals surface area contributed by atoms with Crippen molar-refractivity contribution in [3.63, 3.8) is 0 Å². The Morgan fingerprint density at radius 3 is 2.78 bits per heavy atom. The van der Waals surface area contributed by atoms with E-state index in [9.17, 15) is 4.79 Å². The van der Waals surface area contributed by atoms with Crippen LogP contribution in [0.4, 0.5) is 11.5 Å². The van der Waals surface area contributed by atoms with Gasteiger partial charge < -0.3 is 10.2 Å². The van der Waals surface area contributed by atoms with E-state index in [1.807, 2.05) is 6.92 Å². The minimum atomic E-state index is -0.461. The molecule has 0 aromatic carbocycles. The number of hydrogen-bond donors (Lipinski definition) is 2. The SMILES string of the molecule is [C-]#[N+]c1ncc(NC(=O)C2(NP)CCC2)cc1C. The van der Waals surface area contributed by atoms with E-state index in [1.54, 1.807) is 6.07 Å². The van der Waals surface area contributed by atoms with Gasteiger partial charge in [-0.25, -0.2) is 0 Å². The van der Waals surface area contributed by atoms with Crippen molar-refractivity contribution in [2.75, 3.05) is 5.32 Å². The Hall–Kier alpha value is -1.50. The molecule has 1 heterocycles. The molecule has 5 nitrogen and oxygen atoms in total. The molecule has 1 aliphatic rings. The first-order chi connectivity index (χ1) is 8.61. The van der Waals surface area contributed by atoms with Crippen molar-refractivity contribution < 1.29 is 4.79 Å². The molecule has 0 spiro atoms. The van der Waals surface area contributed by atoms with Gasteiger partial charge in [0.2, 0.25) is 5.91 Å². The van der Waals surface area contributed by atoms with Crippen LogP contribution >= 0.6 is 9.39 Å². The highest BCUT2D eigenvalue weighted by Gasteiger charge is 2.42. The van der Waals surface area contributed by atoms with Gasteiger partial charge in [-0.3, -0.25) is 9.88 Å². The highest BCUT2D eigenvalue weighted by Crippen LogP contribution is 2.34. The molecule has 94 valence electrons. The van der Waals surface area contributed by atoms with Gasteiger partial charge in [-0.2, -0.15) is 0 Å². The third-order valence-corrected chi connectivity index (χ3v) is 3.89. The normalized spacial score (nSPS) is 16.5. The number of amides is 1. The Balaban J connectivity index is 2.13. The summed E-state index contributed by atoms with van der Waals surface area (Å²) in [5, 5.41) is 5.86. The van der Waals surface area contributed by atoms with Crippen LogP contribution in [0.2, 0.25) is 0 Å². The van der Waals surface area contributed by atoms with Gasteiger partial charge in [-0.05, 0) is 37.8 Å². The minimum Gasteiger partial charge on any atom is -0.360 e. The molecule has 0 bridgehead atoms. The second kappa shape index (κ2) is 5.01. The van der Waals surface area contributed by atoms with Crippen molar-refractivity contribution in [1.29, 1.82) is 0 Å². The molecule has 1 amide bonds. The lowest BCUT2D eigenvalue weighted by Gasteiger charge is -2.39. The van der Waals surface area contributed by atoms with Crippen LogP contribution in [0.5, 0.6) is 0 Å². The van der Waals surface area contributed by atoms with Crippen molar-refractivity contribution in [1.82, 2.24) is 10.1 Å². The smallest absolute Gasteiger partial charge is 0.272 e. The van der Waals surface area contributed by atoms with Crippen molar-refractivity contribution in [2.24, 2.45) is 0 Å². The van der Waals surface area contributed by atoms with Gasteiger partial charge in [-0.15, -0.1) is 4.98 Å². The molecular formula is C12H15N4OP. The van der Waals surface area contributed by atoms with E-state index in [4.69, 9.17) is 6.57 Å². The van der Waals surface area contributed by atoms with Gasteiger partial charge in [0.25, 0.3) is 5.82 Å². The molecule has 0 radical (unpaired) electrons. The number of anilines is 1. The predicted octanol–water partition coefficient (Wildman–Crippen LogP) is 2.18. The summed E-state index contributed by atoms with van der Waals surface area (Å²) < 4.78 is 0. The number of aromatic nitrogens is 1. The monoisotopic (exact) mass is 262 g/mol. The number of rotatable bonds is 3. The van der Waals surface area contributed by atoms with Crippen molar-refractivity contribution >= 4 is 26.8 Å². The molecule has 1 aliphatic carbocycles. The lowest BCUT2D eigenvalue weighted by Crippen LogP contribution is -2.55. The summed E-state index contributed by atoms with van der Waals surface area (Å²) in [5.74, 6) is 0.330. The maximum atomic E-state index is 12.1. The summed E-state index contributed by atoms with van der Waals surface area (Å²) in [5.41, 5.74) is 0.942. The predicted molar refractivity (Wildman–Crippen MR) is 73.3 cm³/mol. The fraction of sp³-hybridized carbons (Fsp3) is 0.417. The van der Waals surface area contributed by atoms with Crippen LogP contribution in [0.25, 0.3) is 4.85 Å². The Labute approximate surface area is 108 Å². The summed E-state index contributed by atoms with van der Waals surface area (Å²) in [6.07, 6.45) is 4.26. The van der Waals surface area contributed by atoms with Crippen LogP contribution in [0.1, 0.15) is 24.8 Å². The maximum Gasteiger partial charge on any atom is 0.272 e. The average Bonchev–Trinajstić information content (AvgIpc) is 2.28. The minimum absolute atomic E-state index is 0.0412. The lowest BCUT2D eigenvalue weighted by atomic mass is 9.77. The molecule has 1 atom stereocenters. The zero-order chi connectivity index (χ0) is 13.2. The van der Waals surface area contributed by atoms with Gasteiger partial charge >= 0.3 is 0 Å². The van der Waals surface area contributed by atoms with Crippen LogP contribution in [0.3, 0.4) is 0 Å². The zero-order valence-electron chi connectivity index (χ0n) is 10.2. The van der Waals surface area contributed by atoms with Gasteiger partial charge in [0.1, 0.15) is 11.7 Å². The van der Waals surface area contributed by atoms with E-state index in [2.05, 4.69) is 29.6 Å². The molecule has 1 saturated carbocycles. The highest BCUT2D eigenvalue weighted by atomic mass is 31.0. The van der Waals surface area contributed by atoms with E-state index in [0.717, 1.165) is 24.8 Å². The second-order valence-corrected chi connectivity index (χ2v) is 4.80. The van der Waals surface area contributed by atoms with E-state index in [0.29, 0.717) is 11.5 Å². The van der Waals surface area contributed by atoms with Gasteiger partial charge in [-0.1, -0.05) is 16.0 Å². The summed E-state index contributed by atoms with van der Waals surface area (Å²) in [6, 6.07) is 1.77. The third-order valence-electron chi connectivity index (χ3n) is 3.33. The number of carbonyl (C=O) groups excluding carboxylic acids is 1. The average molecular weight is 262 g/mol. The van der Waals surface area contributed by atoms with Gasteiger partial charge in [0.15, 0.2) is 0 Å². The first-order valence-electron chi connectivity index (χ1n) is 5.74. The standard InChI is InChI=1S/C12H15N4OP/c1-8-6-9(7-14-10(8)13-2)15-11(17)12(16-18)4-3-5-12/h6-7,16H,3-5,18H2,1H3,(H,15,17). The fourth-order valence-corrected chi connectivity index (χ4v) is 2.39. The van der Waals surface area contributed by atoms with Crippen LogP contribution in [-0.4, -0.2) is 16.4 Å². The third kappa shape index (κ3) is 2.22. The number of carbonyl (C=O) groups is 1. The molecule has 6 heteroatoms. The summed E-state index contributed by atoms with van der Waals surface area (Å²) in [7, 11) is 2.41. The summed E-state index contributed by atoms with van der Waals surface area (Å²) in [4.78, 5) is 19.4. The fourth-order valence-electron chi connectivity index (χ4n) is 1.97. The van der Waals surface area contributed by atoms with Crippen molar-refractivity contribution in [3.8, 4) is 0 Å². The van der Waals surface area contributed by atoms with E-state index >= 15 is 0 Å². The van der Waals surface area contributed by atoms with Crippen LogP contribution < -0.4 is 10.4 Å². The molecule has 0 aliphatic heterocycles. The number of aryl methyl sites for hydroxylation is 1. The number of nitrogens with zero attached hydrogens (tertiary/aromatic N) is 2.